The van der Waals surface area contributed by atoms with E-state index in [4.69, 9.17) is 0 Å². The molecular formula is C19H27N5O. The Balaban J connectivity index is 1.80. The van der Waals surface area contributed by atoms with Crippen molar-refractivity contribution in [2.24, 2.45) is 0 Å². The van der Waals surface area contributed by atoms with Crippen LogP contribution < -0.4 is 5.32 Å². The Hall–Kier alpha value is -2.24. The average Bonchev–Trinajstić information content (AvgIpc) is 3.23. The number of rotatable bonds is 3. The molecule has 0 unspecified atom stereocenters. The number of nitrogens with one attached hydrogen (secondary N) is 1. The van der Waals surface area contributed by atoms with E-state index in [0.717, 1.165) is 11.5 Å². The monoisotopic (exact) mass is 341 g/mol. The maximum atomic E-state index is 12.6. The van der Waals surface area contributed by atoms with Gasteiger partial charge < -0.3 is 5.32 Å². The summed E-state index contributed by atoms with van der Waals surface area (Å²) < 4.78 is 1.98. The molecule has 2 aromatic heterocycles. The molecule has 1 fully saturated rings. The summed E-state index contributed by atoms with van der Waals surface area (Å²) in [5, 5.41) is 7.41. The van der Waals surface area contributed by atoms with Crippen LogP contribution in [0.15, 0.2) is 18.5 Å². The Morgan fingerprint density at radius 2 is 1.72 bits per heavy atom. The number of hydrogen-bond donors (Lipinski definition) is 1. The van der Waals surface area contributed by atoms with E-state index < -0.39 is 0 Å². The normalized spacial score (nSPS) is 15.3. The van der Waals surface area contributed by atoms with Gasteiger partial charge in [-0.3, -0.25) is 9.48 Å². The second-order valence-electron chi connectivity index (χ2n) is 8.81. The van der Waals surface area contributed by atoms with E-state index in [9.17, 15) is 4.79 Å². The largest absolute Gasteiger partial charge is 0.318 e. The lowest BCUT2D eigenvalue weighted by atomic mass is 9.96. The number of amides is 1. The Bertz CT molecular complexity index is 774. The molecule has 0 bridgehead atoms. The standard InChI is InChI=1S/C19H27N5O/c1-18(2,3)17-20-10-13(11-21-17)22-16(25)14-9-15(12-7-8-12)24(23-14)19(4,5)6/h9-12H,7-8H2,1-6H3,(H,22,25). The predicted octanol–water partition coefficient (Wildman–Crippen LogP) is 3.86. The first-order chi connectivity index (χ1) is 11.6. The van der Waals surface area contributed by atoms with Gasteiger partial charge in [-0.25, -0.2) is 9.97 Å². The molecule has 1 N–H and O–H groups in total. The molecule has 1 amide bonds. The summed E-state index contributed by atoms with van der Waals surface area (Å²) in [6.45, 7) is 12.5. The first kappa shape index (κ1) is 17.6. The van der Waals surface area contributed by atoms with Gasteiger partial charge in [0.05, 0.1) is 23.6 Å². The van der Waals surface area contributed by atoms with Gasteiger partial charge in [-0.2, -0.15) is 5.10 Å². The van der Waals surface area contributed by atoms with Crippen LogP contribution in [0, 0.1) is 0 Å². The van der Waals surface area contributed by atoms with Crippen LogP contribution in [0.2, 0.25) is 0 Å². The summed E-state index contributed by atoms with van der Waals surface area (Å²) in [4.78, 5) is 21.3. The van der Waals surface area contributed by atoms with Crippen LogP contribution in [0.5, 0.6) is 0 Å². The molecule has 6 heteroatoms. The molecule has 0 atom stereocenters. The topological polar surface area (TPSA) is 72.7 Å². The van der Waals surface area contributed by atoms with Crippen molar-refractivity contribution in [3.63, 3.8) is 0 Å². The molecule has 0 aliphatic heterocycles. The highest BCUT2D eigenvalue weighted by Gasteiger charge is 2.32. The zero-order valence-electron chi connectivity index (χ0n) is 15.9. The first-order valence-corrected chi connectivity index (χ1v) is 8.80. The van der Waals surface area contributed by atoms with Crippen LogP contribution in [0.25, 0.3) is 0 Å². The molecular weight excluding hydrogens is 314 g/mol. The maximum absolute atomic E-state index is 12.6. The molecule has 1 aliphatic carbocycles. The van der Waals surface area contributed by atoms with Crippen molar-refractivity contribution < 1.29 is 4.79 Å². The summed E-state index contributed by atoms with van der Waals surface area (Å²) in [7, 11) is 0. The Morgan fingerprint density at radius 3 is 2.20 bits per heavy atom. The van der Waals surface area contributed by atoms with Crippen LogP contribution in [0.4, 0.5) is 5.69 Å². The van der Waals surface area contributed by atoms with E-state index in [0.29, 0.717) is 17.3 Å². The van der Waals surface area contributed by atoms with E-state index >= 15 is 0 Å². The van der Waals surface area contributed by atoms with Crippen molar-refractivity contribution in [1.29, 1.82) is 0 Å². The van der Waals surface area contributed by atoms with Crippen molar-refractivity contribution in [3.05, 3.63) is 35.7 Å². The molecule has 1 saturated carbocycles. The Morgan fingerprint density at radius 1 is 1.12 bits per heavy atom. The van der Waals surface area contributed by atoms with Crippen LogP contribution in [0.3, 0.4) is 0 Å². The van der Waals surface area contributed by atoms with Gasteiger partial charge in [0.2, 0.25) is 0 Å². The van der Waals surface area contributed by atoms with Crippen molar-refractivity contribution in [2.45, 2.75) is 71.3 Å². The molecule has 0 radical (unpaired) electrons. The highest BCUT2D eigenvalue weighted by atomic mass is 16.2. The van der Waals surface area contributed by atoms with Crippen molar-refractivity contribution >= 4 is 11.6 Å². The number of nitrogens with zero attached hydrogens (tertiary/aromatic N) is 4. The molecule has 0 spiro atoms. The van der Waals surface area contributed by atoms with Crippen molar-refractivity contribution in [1.82, 2.24) is 19.7 Å². The average molecular weight is 341 g/mol. The maximum Gasteiger partial charge on any atom is 0.276 e. The number of aromatic nitrogens is 4. The molecule has 25 heavy (non-hydrogen) atoms. The zero-order valence-corrected chi connectivity index (χ0v) is 15.9. The molecule has 2 aromatic rings. The molecule has 2 heterocycles. The Kier molecular flexibility index (Phi) is 4.17. The van der Waals surface area contributed by atoms with Gasteiger partial charge in [0, 0.05) is 17.0 Å². The van der Waals surface area contributed by atoms with Gasteiger partial charge in [-0.1, -0.05) is 20.8 Å². The molecule has 6 nitrogen and oxygen atoms in total. The van der Waals surface area contributed by atoms with E-state index in [2.05, 4.69) is 61.9 Å². The van der Waals surface area contributed by atoms with E-state index in [1.807, 2.05) is 10.7 Å². The molecule has 3 rings (SSSR count). The number of hydrogen-bond acceptors (Lipinski definition) is 4. The van der Waals surface area contributed by atoms with E-state index in [1.165, 1.54) is 12.8 Å². The van der Waals surface area contributed by atoms with Gasteiger partial charge in [0.15, 0.2) is 5.69 Å². The SMILES string of the molecule is CC(C)(C)c1ncc(NC(=O)c2cc(C3CC3)n(C(C)(C)C)n2)cn1. The van der Waals surface area contributed by atoms with Crippen LogP contribution in [-0.4, -0.2) is 25.7 Å². The van der Waals surface area contributed by atoms with Crippen molar-refractivity contribution in [2.75, 3.05) is 5.32 Å². The number of carbonyl (C=O) groups is 1. The minimum atomic E-state index is -0.225. The molecule has 1 aliphatic rings. The van der Waals surface area contributed by atoms with Gasteiger partial charge in [0.25, 0.3) is 5.91 Å². The Labute approximate surface area is 149 Å². The van der Waals surface area contributed by atoms with Crippen LogP contribution >= 0.6 is 0 Å². The lowest BCUT2D eigenvalue weighted by molar-refractivity contribution is 0.102. The zero-order chi connectivity index (χ0) is 18.4. The summed E-state index contributed by atoms with van der Waals surface area (Å²) in [6.07, 6.45) is 5.64. The molecule has 0 saturated heterocycles. The van der Waals surface area contributed by atoms with E-state index in [-0.39, 0.29) is 16.9 Å². The summed E-state index contributed by atoms with van der Waals surface area (Å²) in [5.74, 6) is 1.05. The summed E-state index contributed by atoms with van der Waals surface area (Å²) in [6, 6.07) is 1.92. The van der Waals surface area contributed by atoms with Crippen LogP contribution in [-0.2, 0) is 11.0 Å². The molecule has 134 valence electrons. The smallest absolute Gasteiger partial charge is 0.276 e. The lowest BCUT2D eigenvalue weighted by Crippen LogP contribution is -2.25. The number of carbonyl (C=O) groups excluding carboxylic acids is 1. The van der Waals surface area contributed by atoms with Gasteiger partial charge in [-0.15, -0.1) is 0 Å². The summed E-state index contributed by atoms with van der Waals surface area (Å²) >= 11 is 0. The number of anilines is 1. The fourth-order valence-electron chi connectivity index (χ4n) is 2.69. The summed E-state index contributed by atoms with van der Waals surface area (Å²) in [5.41, 5.74) is 1.91. The van der Waals surface area contributed by atoms with Gasteiger partial charge in [0.1, 0.15) is 5.82 Å². The second kappa shape index (κ2) is 5.93. The van der Waals surface area contributed by atoms with E-state index in [1.54, 1.807) is 12.4 Å². The third kappa shape index (κ3) is 3.89. The molecule has 0 aromatic carbocycles. The van der Waals surface area contributed by atoms with Crippen molar-refractivity contribution in [3.8, 4) is 0 Å². The van der Waals surface area contributed by atoms with Gasteiger partial charge >= 0.3 is 0 Å². The second-order valence-corrected chi connectivity index (χ2v) is 8.81. The third-order valence-corrected chi connectivity index (χ3v) is 4.18. The third-order valence-electron chi connectivity index (χ3n) is 4.18. The highest BCUT2D eigenvalue weighted by molar-refractivity contribution is 6.02. The van der Waals surface area contributed by atoms with Crippen LogP contribution in [0.1, 0.15) is 82.3 Å². The minimum Gasteiger partial charge on any atom is -0.318 e. The minimum absolute atomic E-state index is 0.118. The lowest BCUT2D eigenvalue weighted by Gasteiger charge is -2.22. The fourth-order valence-corrected chi connectivity index (χ4v) is 2.69. The fraction of sp³-hybridized carbons (Fsp3) is 0.579. The predicted molar refractivity (Wildman–Crippen MR) is 97.9 cm³/mol. The highest BCUT2D eigenvalue weighted by Crippen LogP contribution is 2.41. The quantitative estimate of drug-likeness (QED) is 0.920. The van der Waals surface area contributed by atoms with Gasteiger partial charge in [-0.05, 0) is 39.7 Å². The first-order valence-electron chi connectivity index (χ1n) is 8.80.